The van der Waals surface area contributed by atoms with Crippen molar-refractivity contribution >= 4 is 23.4 Å². The quantitative estimate of drug-likeness (QED) is 0.828. The van der Waals surface area contributed by atoms with Crippen LogP contribution >= 0.6 is 11.6 Å². The Hall–Kier alpha value is -1.56. The molecule has 94 valence electrons. The Morgan fingerprint density at radius 3 is 2.76 bits per heavy atom. The van der Waals surface area contributed by atoms with E-state index in [-0.39, 0.29) is 11.0 Å². The van der Waals surface area contributed by atoms with E-state index < -0.39 is 18.1 Å². The van der Waals surface area contributed by atoms with Crippen LogP contribution in [-0.2, 0) is 11.3 Å². The molecule has 6 nitrogen and oxygen atoms in total. The topological polar surface area (TPSA) is 84.2 Å². The van der Waals surface area contributed by atoms with Gasteiger partial charge in [0.25, 0.3) is 5.56 Å². The summed E-state index contributed by atoms with van der Waals surface area (Å²) in [6, 6.07) is 0. The SMILES string of the molecule is CCCNc1nc(Cl)c(C)n(CC(=O)O)c1=O. The van der Waals surface area contributed by atoms with Gasteiger partial charge in [0, 0.05) is 6.54 Å². The monoisotopic (exact) mass is 259 g/mol. The first-order chi connectivity index (χ1) is 7.97. The van der Waals surface area contributed by atoms with Crippen LogP contribution in [0.4, 0.5) is 5.82 Å². The number of carboxylic acids is 1. The lowest BCUT2D eigenvalue weighted by Gasteiger charge is -2.11. The fraction of sp³-hybridized carbons (Fsp3) is 0.500. The number of carbonyl (C=O) groups is 1. The molecular formula is C10H14ClN3O3. The van der Waals surface area contributed by atoms with Crippen LogP contribution in [0.1, 0.15) is 19.0 Å². The van der Waals surface area contributed by atoms with Crippen LogP contribution in [-0.4, -0.2) is 27.2 Å². The van der Waals surface area contributed by atoms with Gasteiger partial charge in [0.1, 0.15) is 6.54 Å². The van der Waals surface area contributed by atoms with Gasteiger partial charge in [0.05, 0.1) is 5.69 Å². The summed E-state index contributed by atoms with van der Waals surface area (Å²) < 4.78 is 1.09. The van der Waals surface area contributed by atoms with E-state index in [0.717, 1.165) is 11.0 Å². The number of hydrogen-bond donors (Lipinski definition) is 2. The standard InChI is InChI=1S/C10H14ClN3O3/c1-3-4-12-9-10(17)14(5-7(15)16)6(2)8(11)13-9/h3-5H2,1-2H3,(H,12,13)(H,15,16). The average Bonchev–Trinajstić information content (AvgIpc) is 2.27. The maximum atomic E-state index is 11.9. The van der Waals surface area contributed by atoms with Crippen LogP contribution in [0.25, 0.3) is 0 Å². The number of carboxylic acid groups (broad SMARTS) is 1. The van der Waals surface area contributed by atoms with Gasteiger partial charge < -0.3 is 10.4 Å². The lowest BCUT2D eigenvalue weighted by atomic mass is 10.4. The first kappa shape index (κ1) is 13.5. The second-order valence-electron chi connectivity index (χ2n) is 3.55. The molecule has 2 N–H and O–H groups in total. The summed E-state index contributed by atoms with van der Waals surface area (Å²) in [5.41, 5.74) is -0.121. The number of aromatic nitrogens is 2. The van der Waals surface area contributed by atoms with Crippen molar-refractivity contribution in [2.24, 2.45) is 0 Å². The van der Waals surface area contributed by atoms with Crippen LogP contribution < -0.4 is 10.9 Å². The molecule has 1 heterocycles. The average molecular weight is 260 g/mol. The van der Waals surface area contributed by atoms with Crippen molar-refractivity contribution < 1.29 is 9.90 Å². The number of nitrogens with one attached hydrogen (secondary N) is 1. The first-order valence-electron chi connectivity index (χ1n) is 5.20. The second-order valence-corrected chi connectivity index (χ2v) is 3.91. The number of aliphatic carboxylic acids is 1. The molecule has 0 spiro atoms. The van der Waals surface area contributed by atoms with Gasteiger partial charge >= 0.3 is 5.97 Å². The third-order valence-corrected chi connectivity index (χ3v) is 2.55. The van der Waals surface area contributed by atoms with Gasteiger partial charge in [-0.05, 0) is 13.3 Å². The Balaban J connectivity index is 3.22. The Labute approximate surface area is 103 Å². The van der Waals surface area contributed by atoms with Gasteiger partial charge in [-0.3, -0.25) is 14.2 Å². The molecule has 1 aromatic heterocycles. The van der Waals surface area contributed by atoms with E-state index in [9.17, 15) is 9.59 Å². The van der Waals surface area contributed by atoms with Crippen molar-refractivity contribution in [1.29, 1.82) is 0 Å². The Morgan fingerprint density at radius 1 is 1.59 bits per heavy atom. The van der Waals surface area contributed by atoms with Crippen molar-refractivity contribution in [2.75, 3.05) is 11.9 Å². The summed E-state index contributed by atoms with van der Waals surface area (Å²) in [6.45, 7) is 3.66. The summed E-state index contributed by atoms with van der Waals surface area (Å²) in [7, 11) is 0. The minimum atomic E-state index is -1.10. The molecule has 1 aromatic rings. The van der Waals surface area contributed by atoms with Crippen LogP contribution in [0.5, 0.6) is 0 Å². The predicted octanol–water partition coefficient (Wildman–Crippen LogP) is 1.11. The lowest BCUT2D eigenvalue weighted by Crippen LogP contribution is -2.30. The van der Waals surface area contributed by atoms with Crippen molar-refractivity contribution in [1.82, 2.24) is 9.55 Å². The van der Waals surface area contributed by atoms with Gasteiger partial charge in [0.2, 0.25) is 0 Å². The minimum Gasteiger partial charge on any atom is -0.480 e. The van der Waals surface area contributed by atoms with E-state index in [1.807, 2.05) is 6.92 Å². The zero-order valence-corrected chi connectivity index (χ0v) is 10.4. The summed E-state index contributed by atoms with van der Waals surface area (Å²) in [5.74, 6) is -1.01. The maximum Gasteiger partial charge on any atom is 0.323 e. The zero-order chi connectivity index (χ0) is 13.0. The van der Waals surface area contributed by atoms with E-state index >= 15 is 0 Å². The Morgan fingerprint density at radius 2 is 2.24 bits per heavy atom. The predicted molar refractivity (Wildman–Crippen MR) is 64.7 cm³/mol. The Kier molecular flexibility index (Phi) is 4.51. The fourth-order valence-corrected chi connectivity index (χ4v) is 1.49. The van der Waals surface area contributed by atoms with Gasteiger partial charge in [-0.15, -0.1) is 0 Å². The molecule has 0 aromatic carbocycles. The summed E-state index contributed by atoms with van der Waals surface area (Å²) in [5, 5.41) is 11.7. The highest BCUT2D eigenvalue weighted by Gasteiger charge is 2.13. The van der Waals surface area contributed by atoms with Crippen LogP contribution in [0.2, 0.25) is 5.15 Å². The normalized spacial score (nSPS) is 10.3. The van der Waals surface area contributed by atoms with Gasteiger partial charge in [0.15, 0.2) is 11.0 Å². The van der Waals surface area contributed by atoms with Gasteiger partial charge in [-0.25, -0.2) is 4.98 Å². The molecule has 0 bridgehead atoms. The minimum absolute atomic E-state index is 0.0868. The van der Waals surface area contributed by atoms with Crippen LogP contribution in [0.3, 0.4) is 0 Å². The van der Waals surface area contributed by atoms with Crippen molar-refractivity contribution in [3.8, 4) is 0 Å². The number of rotatable bonds is 5. The van der Waals surface area contributed by atoms with E-state index in [1.165, 1.54) is 0 Å². The molecule has 7 heteroatoms. The van der Waals surface area contributed by atoms with E-state index in [2.05, 4.69) is 10.3 Å². The summed E-state index contributed by atoms with van der Waals surface area (Å²) >= 11 is 5.85. The molecule has 0 aliphatic heterocycles. The molecule has 0 unspecified atom stereocenters. The molecule has 0 amide bonds. The number of anilines is 1. The first-order valence-corrected chi connectivity index (χ1v) is 5.57. The highest BCUT2D eigenvalue weighted by atomic mass is 35.5. The van der Waals surface area contributed by atoms with Crippen molar-refractivity contribution in [2.45, 2.75) is 26.8 Å². The van der Waals surface area contributed by atoms with Crippen molar-refractivity contribution in [3.05, 3.63) is 21.2 Å². The molecule has 0 saturated heterocycles. The molecule has 0 aliphatic carbocycles. The van der Waals surface area contributed by atoms with Crippen molar-refractivity contribution in [3.63, 3.8) is 0 Å². The molecule has 0 atom stereocenters. The number of nitrogens with zero attached hydrogens (tertiary/aromatic N) is 2. The van der Waals surface area contributed by atoms with E-state index in [1.54, 1.807) is 6.92 Å². The second kappa shape index (κ2) is 5.67. The van der Waals surface area contributed by atoms with Crippen LogP contribution in [0.15, 0.2) is 4.79 Å². The molecular weight excluding hydrogens is 246 g/mol. The number of hydrogen-bond acceptors (Lipinski definition) is 4. The van der Waals surface area contributed by atoms with E-state index in [4.69, 9.17) is 16.7 Å². The molecule has 0 fully saturated rings. The largest absolute Gasteiger partial charge is 0.480 e. The molecule has 0 saturated carbocycles. The summed E-state index contributed by atoms with van der Waals surface area (Å²) in [4.78, 5) is 26.5. The maximum absolute atomic E-state index is 11.9. The van der Waals surface area contributed by atoms with Gasteiger partial charge in [-0.2, -0.15) is 0 Å². The van der Waals surface area contributed by atoms with Gasteiger partial charge in [-0.1, -0.05) is 18.5 Å². The third kappa shape index (κ3) is 3.20. The fourth-order valence-electron chi connectivity index (χ4n) is 1.30. The van der Waals surface area contributed by atoms with E-state index in [0.29, 0.717) is 12.2 Å². The molecule has 0 radical (unpaired) electrons. The van der Waals surface area contributed by atoms with Crippen LogP contribution in [0, 0.1) is 6.92 Å². The summed E-state index contributed by atoms with van der Waals surface area (Å²) in [6.07, 6.45) is 0.825. The highest BCUT2D eigenvalue weighted by Crippen LogP contribution is 2.12. The lowest BCUT2D eigenvalue weighted by molar-refractivity contribution is -0.137. The number of halogens is 1. The Bertz CT molecular complexity index is 484. The highest BCUT2D eigenvalue weighted by molar-refractivity contribution is 6.30. The third-order valence-electron chi connectivity index (χ3n) is 2.20. The molecule has 17 heavy (non-hydrogen) atoms. The zero-order valence-electron chi connectivity index (χ0n) is 9.66. The molecule has 0 aliphatic rings. The molecule has 1 rings (SSSR count). The smallest absolute Gasteiger partial charge is 0.323 e.